The molecule has 0 spiro atoms. The minimum atomic E-state index is -0.104. The van der Waals surface area contributed by atoms with Gasteiger partial charge in [0.15, 0.2) is 5.82 Å². The van der Waals surface area contributed by atoms with Crippen molar-refractivity contribution >= 4 is 17.2 Å². The molecule has 0 radical (unpaired) electrons. The van der Waals surface area contributed by atoms with Gasteiger partial charge in [0.2, 0.25) is 5.91 Å². The van der Waals surface area contributed by atoms with Crippen LogP contribution in [0.2, 0.25) is 0 Å². The van der Waals surface area contributed by atoms with E-state index in [-0.39, 0.29) is 17.2 Å². The highest BCUT2D eigenvalue weighted by Gasteiger charge is 2.07. The monoisotopic (exact) mass is 344 g/mol. The van der Waals surface area contributed by atoms with Crippen molar-refractivity contribution in [1.82, 2.24) is 29.6 Å². The number of pyridine rings is 1. The molecule has 0 aromatic carbocycles. The van der Waals surface area contributed by atoms with Gasteiger partial charge in [-0.15, -0.1) is 0 Å². The lowest BCUT2D eigenvalue weighted by molar-refractivity contribution is -0.121. The van der Waals surface area contributed by atoms with Crippen LogP contribution in [-0.2, 0) is 17.9 Å². The Kier molecular flexibility index (Phi) is 4.80. The standard InChI is InChI=1S/C15H16N6O2S/c1-11-8-24-15(23)20(11)5-4-14(22)18-7-12-2-3-13(17-6-12)21-10-16-9-19-21/h2-3,6,8-10H,4-5,7H2,1H3,(H,18,22). The average molecular weight is 344 g/mol. The first-order chi connectivity index (χ1) is 11.6. The predicted molar refractivity (Wildman–Crippen MR) is 88.9 cm³/mol. The largest absolute Gasteiger partial charge is 0.352 e. The van der Waals surface area contributed by atoms with Crippen LogP contribution in [0.25, 0.3) is 5.82 Å². The summed E-state index contributed by atoms with van der Waals surface area (Å²) in [5.74, 6) is 0.558. The maximum absolute atomic E-state index is 11.9. The van der Waals surface area contributed by atoms with Crippen LogP contribution in [0.3, 0.4) is 0 Å². The molecule has 3 aromatic heterocycles. The first kappa shape index (κ1) is 16.1. The van der Waals surface area contributed by atoms with E-state index in [4.69, 9.17) is 0 Å². The zero-order chi connectivity index (χ0) is 16.9. The Morgan fingerprint density at radius 2 is 2.25 bits per heavy atom. The van der Waals surface area contributed by atoms with Crippen LogP contribution < -0.4 is 10.2 Å². The maximum Gasteiger partial charge on any atom is 0.307 e. The van der Waals surface area contributed by atoms with Crippen molar-refractivity contribution in [2.45, 2.75) is 26.4 Å². The van der Waals surface area contributed by atoms with E-state index in [0.29, 0.717) is 18.9 Å². The molecule has 1 amide bonds. The summed E-state index contributed by atoms with van der Waals surface area (Å²) in [6, 6.07) is 3.68. The Labute approximate surface area is 141 Å². The second kappa shape index (κ2) is 7.18. The van der Waals surface area contributed by atoms with Crippen LogP contribution in [0.5, 0.6) is 0 Å². The van der Waals surface area contributed by atoms with Gasteiger partial charge < -0.3 is 9.88 Å². The Morgan fingerprint density at radius 1 is 1.38 bits per heavy atom. The lowest BCUT2D eigenvalue weighted by Crippen LogP contribution is -2.26. The number of aromatic nitrogens is 5. The fourth-order valence-corrected chi connectivity index (χ4v) is 2.92. The number of hydrogen-bond acceptors (Lipinski definition) is 6. The van der Waals surface area contributed by atoms with E-state index in [1.165, 1.54) is 6.33 Å². The number of nitrogens with zero attached hydrogens (tertiary/aromatic N) is 5. The van der Waals surface area contributed by atoms with Crippen molar-refractivity contribution in [2.75, 3.05) is 0 Å². The molecule has 3 heterocycles. The number of aryl methyl sites for hydroxylation is 1. The maximum atomic E-state index is 11.9. The van der Waals surface area contributed by atoms with Crippen LogP contribution in [-0.4, -0.2) is 30.2 Å². The molecular weight excluding hydrogens is 328 g/mol. The van der Waals surface area contributed by atoms with Crippen LogP contribution in [0.1, 0.15) is 17.7 Å². The first-order valence-corrected chi connectivity index (χ1v) is 8.23. The average Bonchev–Trinajstić information content (AvgIpc) is 3.23. The smallest absolute Gasteiger partial charge is 0.307 e. The van der Waals surface area contributed by atoms with E-state index >= 15 is 0 Å². The highest BCUT2D eigenvalue weighted by molar-refractivity contribution is 7.07. The van der Waals surface area contributed by atoms with Gasteiger partial charge in [-0.2, -0.15) is 5.10 Å². The number of nitrogens with one attached hydrogen (secondary N) is 1. The Hall–Kier alpha value is -2.81. The molecule has 0 aliphatic rings. The van der Waals surface area contributed by atoms with E-state index in [1.807, 2.05) is 19.1 Å². The van der Waals surface area contributed by atoms with Gasteiger partial charge in [-0.25, -0.2) is 14.6 Å². The molecule has 24 heavy (non-hydrogen) atoms. The third kappa shape index (κ3) is 3.74. The zero-order valence-electron chi connectivity index (χ0n) is 13.0. The minimum Gasteiger partial charge on any atom is -0.352 e. The van der Waals surface area contributed by atoms with E-state index in [2.05, 4.69) is 20.4 Å². The van der Waals surface area contributed by atoms with Gasteiger partial charge in [0.05, 0.1) is 0 Å². The quantitative estimate of drug-likeness (QED) is 0.717. The summed E-state index contributed by atoms with van der Waals surface area (Å²) < 4.78 is 3.17. The number of thiazole rings is 1. The lowest BCUT2D eigenvalue weighted by Gasteiger charge is -2.07. The summed E-state index contributed by atoms with van der Waals surface area (Å²) in [6.45, 7) is 2.64. The molecule has 9 heteroatoms. The molecule has 3 aromatic rings. The second-order valence-electron chi connectivity index (χ2n) is 5.19. The molecular formula is C15H16N6O2S. The molecule has 0 aliphatic carbocycles. The number of hydrogen-bond donors (Lipinski definition) is 1. The summed E-state index contributed by atoms with van der Waals surface area (Å²) in [5, 5.41) is 8.62. The second-order valence-corrected chi connectivity index (χ2v) is 6.01. The van der Waals surface area contributed by atoms with Crippen molar-refractivity contribution in [1.29, 1.82) is 0 Å². The Morgan fingerprint density at radius 3 is 2.88 bits per heavy atom. The van der Waals surface area contributed by atoms with Crippen molar-refractivity contribution in [3.8, 4) is 5.82 Å². The summed E-state index contributed by atoms with van der Waals surface area (Å²) in [5.41, 5.74) is 1.77. The third-order valence-electron chi connectivity index (χ3n) is 3.49. The van der Waals surface area contributed by atoms with E-state index < -0.39 is 0 Å². The first-order valence-electron chi connectivity index (χ1n) is 7.35. The van der Waals surface area contributed by atoms with Gasteiger partial charge in [-0.05, 0) is 18.6 Å². The Balaban J connectivity index is 1.50. The number of amides is 1. The molecule has 0 saturated carbocycles. The summed E-state index contributed by atoms with van der Waals surface area (Å²) >= 11 is 1.15. The third-order valence-corrected chi connectivity index (χ3v) is 4.37. The summed E-state index contributed by atoms with van der Waals surface area (Å²) in [6.07, 6.45) is 4.96. The SMILES string of the molecule is Cc1csc(=O)n1CCC(=O)NCc1ccc(-n2cncn2)nc1. The number of carbonyl (C=O) groups excluding carboxylic acids is 1. The highest BCUT2D eigenvalue weighted by atomic mass is 32.1. The number of rotatable bonds is 6. The van der Waals surface area contributed by atoms with Crippen molar-refractivity contribution in [3.63, 3.8) is 0 Å². The molecule has 0 unspecified atom stereocenters. The van der Waals surface area contributed by atoms with Gasteiger partial charge in [-0.1, -0.05) is 17.4 Å². The topological polar surface area (TPSA) is 94.7 Å². The molecule has 0 fully saturated rings. The summed E-state index contributed by atoms with van der Waals surface area (Å²) in [4.78, 5) is 31.6. The van der Waals surface area contributed by atoms with Crippen LogP contribution in [0.15, 0.2) is 41.2 Å². The van der Waals surface area contributed by atoms with Crippen molar-refractivity contribution in [2.24, 2.45) is 0 Å². The van der Waals surface area contributed by atoms with Crippen LogP contribution >= 0.6 is 11.3 Å². The van der Waals surface area contributed by atoms with Gasteiger partial charge >= 0.3 is 4.87 Å². The zero-order valence-corrected chi connectivity index (χ0v) is 13.9. The minimum absolute atomic E-state index is 0.0341. The van der Waals surface area contributed by atoms with Gasteiger partial charge in [-0.3, -0.25) is 9.59 Å². The van der Waals surface area contributed by atoms with E-state index in [9.17, 15) is 9.59 Å². The normalized spacial score (nSPS) is 10.7. The van der Waals surface area contributed by atoms with Crippen LogP contribution in [0, 0.1) is 6.92 Å². The molecule has 8 nitrogen and oxygen atoms in total. The van der Waals surface area contributed by atoms with Crippen molar-refractivity contribution < 1.29 is 4.79 Å². The van der Waals surface area contributed by atoms with E-state index in [1.54, 1.807) is 27.2 Å². The van der Waals surface area contributed by atoms with Gasteiger partial charge in [0, 0.05) is 36.8 Å². The lowest BCUT2D eigenvalue weighted by atomic mass is 10.2. The molecule has 0 saturated heterocycles. The fraction of sp³-hybridized carbons (Fsp3) is 0.267. The molecule has 1 N–H and O–H groups in total. The molecule has 3 rings (SSSR count). The molecule has 0 atom stereocenters. The van der Waals surface area contributed by atoms with Gasteiger partial charge in [0.1, 0.15) is 12.7 Å². The highest BCUT2D eigenvalue weighted by Crippen LogP contribution is 2.04. The Bertz CT molecular complexity index is 866. The summed E-state index contributed by atoms with van der Waals surface area (Å²) in [7, 11) is 0. The molecule has 0 aliphatic heterocycles. The molecule has 0 bridgehead atoms. The van der Waals surface area contributed by atoms with E-state index in [0.717, 1.165) is 22.6 Å². The predicted octanol–water partition coefficient (Wildman–Crippen LogP) is 0.900. The molecule has 124 valence electrons. The number of carbonyl (C=O) groups is 1. The van der Waals surface area contributed by atoms with Crippen LogP contribution in [0.4, 0.5) is 0 Å². The fourth-order valence-electron chi connectivity index (χ4n) is 2.16. The van der Waals surface area contributed by atoms with Crippen molar-refractivity contribution in [3.05, 3.63) is 57.3 Å². The van der Waals surface area contributed by atoms with Gasteiger partial charge in [0.25, 0.3) is 0 Å².